The summed E-state index contributed by atoms with van der Waals surface area (Å²) in [4.78, 5) is 12.1. The number of carbonyl (C=O) groups excluding carboxylic acids is 1. The van der Waals surface area contributed by atoms with E-state index in [1.165, 1.54) is 11.3 Å². The van der Waals surface area contributed by atoms with Crippen molar-refractivity contribution in [2.75, 3.05) is 0 Å². The van der Waals surface area contributed by atoms with Crippen molar-refractivity contribution in [3.05, 3.63) is 38.3 Å². The minimum absolute atomic E-state index is 0.117. The number of hydrogen-bond acceptors (Lipinski definition) is 3. The first kappa shape index (κ1) is 13.0. The van der Waals surface area contributed by atoms with Crippen molar-refractivity contribution >= 4 is 40.4 Å². The van der Waals surface area contributed by atoms with Crippen molar-refractivity contribution in [3.63, 3.8) is 0 Å². The van der Waals surface area contributed by atoms with Crippen molar-refractivity contribution in [1.29, 1.82) is 0 Å². The predicted molar refractivity (Wildman–Crippen MR) is 76.1 cm³/mol. The van der Waals surface area contributed by atoms with E-state index in [-0.39, 0.29) is 11.9 Å². The second kappa shape index (κ2) is 5.15. The molecule has 0 spiro atoms. The van der Waals surface area contributed by atoms with Crippen molar-refractivity contribution in [2.45, 2.75) is 25.4 Å². The Morgan fingerprint density at radius 1 is 1.53 bits per heavy atom. The number of rotatable bonds is 2. The minimum Gasteiger partial charge on any atom is -0.349 e. The summed E-state index contributed by atoms with van der Waals surface area (Å²) in [5.41, 5.74) is 1.60. The lowest BCUT2D eigenvalue weighted by molar-refractivity contribution is 0.0931. The third kappa shape index (κ3) is 2.63. The van der Waals surface area contributed by atoms with Gasteiger partial charge in [-0.3, -0.25) is 9.48 Å². The van der Waals surface area contributed by atoms with Gasteiger partial charge in [-0.1, -0.05) is 23.2 Å². The van der Waals surface area contributed by atoms with Gasteiger partial charge in [0.1, 0.15) is 4.34 Å². The van der Waals surface area contributed by atoms with Gasteiger partial charge in [0.05, 0.1) is 9.90 Å². The van der Waals surface area contributed by atoms with Gasteiger partial charge in [0, 0.05) is 30.9 Å². The lowest BCUT2D eigenvalue weighted by Gasteiger charge is -2.24. The lowest BCUT2D eigenvalue weighted by atomic mass is 10.0. The summed E-state index contributed by atoms with van der Waals surface area (Å²) >= 11 is 13.0. The Hall–Kier alpha value is -1.04. The van der Waals surface area contributed by atoms with E-state index in [2.05, 4.69) is 10.4 Å². The van der Waals surface area contributed by atoms with Gasteiger partial charge < -0.3 is 5.32 Å². The fraction of sp³-hybridized carbons (Fsp3) is 0.333. The van der Waals surface area contributed by atoms with E-state index in [0.29, 0.717) is 14.2 Å². The van der Waals surface area contributed by atoms with Gasteiger partial charge in [-0.05, 0) is 18.6 Å². The van der Waals surface area contributed by atoms with Crippen molar-refractivity contribution in [3.8, 4) is 0 Å². The monoisotopic (exact) mass is 315 g/mol. The Morgan fingerprint density at radius 2 is 2.37 bits per heavy atom. The van der Waals surface area contributed by atoms with Crippen LogP contribution in [0.1, 0.15) is 22.5 Å². The fourth-order valence-electron chi connectivity index (χ4n) is 2.25. The summed E-state index contributed by atoms with van der Waals surface area (Å²) in [5.74, 6) is -0.161. The van der Waals surface area contributed by atoms with Gasteiger partial charge in [-0.15, -0.1) is 11.3 Å². The molecule has 3 heterocycles. The number of halogens is 2. The molecule has 1 aliphatic rings. The SMILES string of the molecule is O=C(N[C@H]1CCn2nccc2C1)c1cc(Cl)sc1Cl. The molecule has 1 aliphatic heterocycles. The molecular formula is C12H11Cl2N3OS. The van der Waals surface area contributed by atoms with Crippen LogP contribution < -0.4 is 5.32 Å². The summed E-state index contributed by atoms with van der Waals surface area (Å²) in [7, 11) is 0. The van der Waals surface area contributed by atoms with Gasteiger partial charge in [-0.2, -0.15) is 5.10 Å². The predicted octanol–water partition coefficient (Wildman–Crippen LogP) is 3.00. The number of aryl methyl sites for hydroxylation is 1. The summed E-state index contributed by atoms with van der Waals surface area (Å²) < 4.78 is 2.93. The number of carbonyl (C=O) groups is 1. The molecule has 0 saturated carbocycles. The zero-order valence-corrected chi connectivity index (χ0v) is 12.2. The van der Waals surface area contributed by atoms with Gasteiger partial charge in [0.2, 0.25) is 0 Å². The summed E-state index contributed by atoms with van der Waals surface area (Å²) in [6.07, 6.45) is 3.45. The normalized spacial score (nSPS) is 18.1. The molecule has 0 saturated heterocycles. The largest absolute Gasteiger partial charge is 0.349 e. The number of thiophene rings is 1. The molecule has 0 radical (unpaired) electrons. The first-order chi connectivity index (χ1) is 9.13. The molecule has 2 aromatic heterocycles. The first-order valence-electron chi connectivity index (χ1n) is 5.90. The topological polar surface area (TPSA) is 46.9 Å². The molecule has 2 aromatic rings. The number of nitrogens with zero attached hydrogens (tertiary/aromatic N) is 2. The van der Waals surface area contributed by atoms with E-state index in [9.17, 15) is 4.79 Å². The number of hydrogen-bond donors (Lipinski definition) is 1. The Labute approximate surface area is 124 Å². The fourth-order valence-corrected chi connectivity index (χ4v) is 3.71. The zero-order chi connectivity index (χ0) is 13.4. The zero-order valence-electron chi connectivity index (χ0n) is 9.90. The second-order valence-corrected chi connectivity index (χ2v) is 6.73. The van der Waals surface area contributed by atoms with Crippen molar-refractivity contribution < 1.29 is 4.79 Å². The molecule has 4 nitrogen and oxygen atoms in total. The molecule has 19 heavy (non-hydrogen) atoms. The van der Waals surface area contributed by atoms with E-state index in [1.807, 2.05) is 10.7 Å². The Bertz CT molecular complexity index is 622. The van der Waals surface area contributed by atoms with E-state index in [1.54, 1.807) is 12.3 Å². The molecule has 0 fully saturated rings. The van der Waals surface area contributed by atoms with Crippen LogP contribution in [-0.4, -0.2) is 21.7 Å². The van der Waals surface area contributed by atoms with Crippen LogP contribution in [0.4, 0.5) is 0 Å². The van der Waals surface area contributed by atoms with Gasteiger partial charge in [-0.25, -0.2) is 0 Å². The highest BCUT2D eigenvalue weighted by Crippen LogP contribution is 2.31. The molecule has 0 aromatic carbocycles. The number of nitrogens with one attached hydrogen (secondary N) is 1. The highest BCUT2D eigenvalue weighted by molar-refractivity contribution is 7.20. The summed E-state index contributed by atoms with van der Waals surface area (Å²) in [6, 6.07) is 3.70. The lowest BCUT2D eigenvalue weighted by Crippen LogP contribution is -2.40. The third-order valence-corrected chi connectivity index (χ3v) is 4.67. The average Bonchev–Trinajstić information content (AvgIpc) is 2.94. The maximum Gasteiger partial charge on any atom is 0.253 e. The average molecular weight is 316 g/mol. The van der Waals surface area contributed by atoms with Crippen molar-refractivity contribution in [1.82, 2.24) is 15.1 Å². The molecule has 0 unspecified atom stereocenters. The molecule has 3 rings (SSSR count). The Morgan fingerprint density at radius 3 is 3.11 bits per heavy atom. The molecular weight excluding hydrogens is 305 g/mol. The van der Waals surface area contributed by atoms with E-state index in [4.69, 9.17) is 23.2 Å². The van der Waals surface area contributed by atoms with Crippen molar-refractivity contribution in [2.24, 2.45) is 0 Å². The molecule has 100 valence electrons. The maximum atomic E-state index is 12.1. The molecule has 0 aliphatic carbocycles. The van der Waals surface area contributed by atoms with E-state index < -0.39 is 0 Å². The number of amides is 1. The van der Waals surface area contributed by atoms with Crippen LogP contribution in [-0.2, 0) is 13.0 Å². The quantitative estimate of drug-likeness (QED) is 0.926. The van der Waals surface area contributed by atoms with Gasteiger partial charge in [0.15, 0.2) is 0 Å². The number of aromatic nitrogens is 2. The molecule has 1 amide bonds. The van der Waals surface area contributed by atoms with E-state index >= 15 is 0 Å². The molecule has 1 atom stereocenters. The molecule has 7 heteroatoms. The maximum absolute atomic E-state index is 12.1. The minimum atomic E-state index is -0.161. The number of fused-ring (bicyclic) bond motifs is 1. The molecule has 0 bridgehead atoms. The third-order valence-electron chi connectivity index (χ3n) is 3.19. The van der Waals surface area contributed by atoms with Crippen LogP contribution in [0.3, 0.4) is 0 Å². The summed E-state index contributed by atoms with van der Waals surface area (Å²) in [6.45, 7) is 0.825. The van der Waals surface area contributed by atoms with Crippen LogP contribution >= 0.6 is 34.5 Å². The van der Waals surface area contributed by atoms with Crippen LogP contribution in [0.5, 0.6) is 0 Å². The summed E-state index contributed by atoms with van der Waals surface area (Å²) in [5, 5.41) is 7.22. The van der Waals surface area contributed by atoms with E-state index in [0.717, 1.165) is 25.1 Å². The standard InChI is InChI=1S/C12H11Cl2N3OS/c13-10-6-9(11(14)19-10)12(18)16-7-2-4-17-8(5-7)1-3-15-17/h1,3,6-7H,2,4-5H2,(H,16,18)/t7-/m0/s1. The van der Waals surface area contributed by atoms with Gasteiger partial charge >= 0.3 is 0 Å². The van der Waals surface area contributed by atoms with Gasteiger partial charge in [0.25, 0.3) is 5.91 Å². The van der Waals surface area contributed by atoms with Crippen LogP contribution in [0.25, 0.3) is 0 Å². The smallest absolute Gasteiger partial charge is 0.253 e. The first-order valence-corrected chi connectivity index (χ1v) is 7.47. The highest BCUT2D eigenvalue weighted by Gasteiger charge is 2.22. The van der Waals surface area contributed by atoms with Crippen LogP contribution in [0.15, 0.2) is 18.3 Å². The Balaban J connectivity index is 1.70. The Kier molecular flexibility index (Phi) is 3.52. The second-order valence-electron chi connectivity index (χ2n) is 4.45. The van der Waals surface area contributed by atoms with Crippen LogP contribution in [0, 0.1) is 0 Å². The highest BCUT2D eigenvalue weighted by atomic mass is 35.5. The molecule has 1 N–H and O–H groups in total. The van der Waals surface area contributed by atoms with Crippen LogP contribution in [0.2, 0.25) is 8.67 Å².